The summed E-state index contributed by atoms with van der Waals surface area (Å²) in [6.45, 7) is 1.70. The second-order valence-electron chi connectivity index (χ2n) is 3.58. The zero-order valence-electron chi connectivity index (χ0n) is 8.31. The summed E-state index contributed by atoms with van der Waals surface area (Å²) in [5.41, 5.74) is 16.6. The number of nitrogens with two attached hydrogens (primary N) is 3. The first-order valence-corrected chi connectivity index (χ1v) is 4.80. The molecule has 0 radical (unpaired) electrons. The molecule has 0 amide bonds. The lowest BCUT2D eigenvalue weighted by Gasteiger charge is -2.20. The van der Waals surface area contributed by atoms with E-state index in [1.54, 1.807) is 0 Å². The van der Waals surface area contributed by atoms with Crippen LogP contribution in [0.4, 0.5) is 23.3 Å². The van der Waals surface area contributed by atoms with Crippen LogP contribution < -0.4 is 26.8 Å². The van der Waals surface area contributed by atoms with Crippen LogP contribution in [0.3, 0.4) is 0 Å². The summed E-state index contributed by atoms with van der Waals surface area (Å²) < 4.78 is 0.427. The summed E-state index contributed by atoms with van der Waals surface area (Å²) in [5, 5.41) is 11.5. The average molecular weight is 210 g/mol. The van der Waals surface area contributed by atoms with Crippen LogP contribution in [0.15, 0.2) is 0 Å². The molecule has 1 saturated heterocycles. The highest BCUT2D eigenvalue weighted by molar-refractivity contribution is 5.62. The maximum Gasteiger partial charge on any atom is 0.263 e. The zero-order valence-corrected chi connectivity index (χ0v) is 8.31. The summed E-state index contributed by atoms with van der Waals surface area (Å²) in [6, 6.07) is 0. The molecule has 0 atom stereocenters. The van der Waals surface area contributed by atoms with E-state index < -0.39 is 0 Å². The molecular formula is C8H14N6O. The van der Waals surface area contributed by atoms with Gasteiger partial charge in [0.1, 0.15) is 0 Å². The molecule has 0 unspecified atom stereocenters. The topological polar surface area (TPSA) is 121 Å². The Labute approximate surface area is 87.1 Å². The summed E-state index contributed by atoms with van der Waals surface area (Å²) in [5.74, 6) is 0.342. The van der Waals surface area contributed by atoms with Gasteiger partial charge in [-0.05, 0) is 12.8 Å². The fraction of sp³-hybridized carbons (Fsp3) is 0.500. The Balaban J connectivity index is 2.47. The van der Waals surface area contributed by atoms with Gasteiger partial charge >= 0.3 is 0 Å². The van der Waals surface area contributed by atoms with Gasteiger partial charge in [-0.3, -0.25) is 0 Å². The molecule has 0 spiro atoms. The van der Waals surface area contributed by atoms with E-state index in [-0.39, 0.29) is 17.5 Å². The molecule has 0 bridgehead atoms. The van der Waals surface area contributed by atoms with Crippen LogP contribution in [0.25, 0.3) is 0 Å². The predicted octanol–water partition coefficient (Wildman–Crippen LogP) is -0.938. The van der Waals surface area contributed by atoms with Crippen molar-refractivity contribution in [1.82, 2.24) is 4.98 Å². The summed E-state index contributed by atoms with van der Waals surface area (Å²) in [6.07, 6.45) is 2.15. The largest absolute Gasteiger partial charge is 0.740 e. The van der Waals surface area contributed by atoms with Gasteiger partial charge in [0.15, 0.2) is 5.82 Å². The lowest BCUT2D eigenvalue weighted by Crippen LogP contribution is -2.38. The molecule has 82 valence electrons. The molecule has 0 aliphatic carbocycles. The molecule has 0 saturated carbocycles. The molecule has 1 aliphatic heterocycles. The highest BCUT2D eigenvalue weighted by Crippen LogP contribution is 2.24. The highest BCUT2D eigenvalue weighted by atomic mass is 16.5. The minimum atomic E-state index is -0.143. The SMILES string of the molecule is Nc1nc(N2CCCC2)c(N)[n+]([O-])c1N. The van der Waals surface area contributed by atoms with Crippen molar-refractivity contribution < 1.29 is 4.73 Å². The fourth-order valence-corrected chi connectivity index (χ4v) is 1.71. The first-order valence-electron chi connectivity index (χ1n) is 4.80. The Hall–Kier alpha value is -1.92. The average Bonchev–Trinajstić information content (AvgIpc) is 2.73. The minimum absolute atomic E-state index is 0.0172. The van der Waals surface area contributed by atoms with Crippen LogP contribution >= 0.6 is 0 Å². The molecule has 0 aromatic carbocycles. The lowest BCUT2D eigenvalue weighted by atomic mass is 10.4. The molecule has 1 aromatic rings. The van der Waals surface area contributed by atoms with E-state index in [1.165, 1.54) is 0 Å². The molecule has 2 heterocycles. The van der Waals surface area contributed by atoms with Crippen LogP contribution in [0.2, 0.25) is 0 Å². The number of anilines is 4. The van der Waals surface area contributed by atoms with Crippen LogP contribution in [0.5, 0.6) is 0 Å². The monoisotopic (exact) mass is 210 g/mol. The summed E-state index contributed by atoms with van der Waals surface area (Å²) >= 11 is 0. The van der Waals surface area contributed by atoms with Crippen LogP contribution in [-0.2, 0) is 0 Å². The third kappa shape index (κ3) is 1.45. The van der Waals surface area contributed by atoms with Crippen molar-refractivity contribution in [2.45, 2.75) is 12.8 Å². The van der Waals surface area contributed by atoms with Gasteiger partial charge in [-0.15, -0.1) is 0 Å². The summed E-state index contributed by atoms with van der Waals surface area (Å²) in [4.78, 5) is 5.99. The van der Waals surface area contributed by atoms with Crippen molar-refractivity contribution in [2.24, 2.45) is 0 Å². The Morgan fingerprint density at radius 1 is 1.13 bits per heavy atom. The van der Waals surface area contributed by atoms with E-state index in [1.807, 2.05) is 4.90 Å². The van der Waals surface area contributed by atoms with E-state index in [9.17, 15) is 5.21 Å². The van der Waals surface area contributed by atoms with E-state index in [4.69, 9.17) is 17.2 Å². The number of hydrogen-bond acceptors (Lipinski definition) is 6. The van der Waals surface area contributed by atoms with Crippen LogP contribution in [-0.4, -0.2) is 18.1 Å². The Kier molecular flexibility index (Phi) is 2.14. The van der Waals surface area contributed by atoms with E-state index in [2.05, 4.69) is 4.98 Å². The Bertz CT molecular complexity index is 387. The van der Waals surface area contributed by atoms with Crippen molar-refractivity contribution in [2.75, 3.05) is 35.2 Å². The van der Waals surface area contributed by atoms with Gasteiger partial charge in [-0.1, -0.05) is 0 Å². The Morgan fingerprint density at radius 3 is 2.33 bits per heavy atom. The molecule has 15 heavy (non-hydrogen) atoms. The molecular weight excluding hydrogens is 196 g/mol. The third-order valence-corrected chi connectivity index (χ3v) is 2.56. The van der Waals surface area contributed by atoms with Gasteiger partial charge in [-0.2, -0.15) is 0 Å². The number of nitrogens with zero attached hydrogens (tertiary/aromatic N) is 3. The fourth-order valence-electron chi connectivity index (χ4n) is 1.71. The third-order valence-electron chi connectivity index (χ3n) is 2.56. The van der Waals surface area contributed by atoms with Crippen molar-refractivity contribution in [3.8, 4) is 0 Å². The lowest BCUT2D eigenvalue weighted by molar-refractivity contribution is -0.573. The maximum absolute atomic E-state index is 11.5. The Morgan fingerprint density at radius 2 is 1.73 bits per heavy atom. The van der Waals surface area contributed by atoms with Crippen LogP contribution in [0, 0.1) is 5.21 Å². The first-order chi connectivity index (χ1) is 7.11. The quantitative estimate of drug-likeness (QED) is 0.406. The van der Waals surface area contributed by atoms with Gasteiger partial charge in [-0.25, -0.2) is 9.71 Å². The van der Waals surface area contributed by atoms with E-state index >= 15 is 0 Å². The summed E-state index contributed by atoms with van der Waals surface area (Å²) in [7, 11) is 0. The number of rotatable bonds is 1. The number of hydrogen-bond donors (Lipinski definition) is 3. The van der Waals surface area contributed by atoms with Crippen molar-refractivity contribution in [3.63, 3.8) is 0 Å². The molecule has 6 N–H and O–H groups in total. The van der Waals surface area contributed by atoms with Gasteiger partial charge in [0.05, 0.1) is 0 Å². The molecule has 1 aromatic heterocycles. The predicted molar refractivity (Wildman–Crippen MR) is 57.9 cm³/mol. The second kappa shape index (κ2) is 3.34. The standard InChI is InChI=1S/C8H14N6O/c9-5-6(10)14(15)7(11)8(12-5)13-3-1-2-4-13/h1-4,10-11H2,(H2,9,12). The highest BCUT2D eigenvalue weighted by Gasteiger charge is 2.21. The molecule has 1 fully saturated rings. The molecule has 7 nitrogen and oxygen atoms in total. The number of nitrogen functional groups attached to an aromatic ring is 3. The molecule has 1 aliphatic rings. The van der Waals surface area contributed by atoms with E-state index in [0.717, 1.165) is 25.9 Å². The van der Waals surface area contributed by atoms with E-state index in [0.29, 0.717) is 10.5 Å². The van der Waals surface area contributed by atoms with Gasteiger partial charge in [0.2, 0.25) is 5.82 Å². The zero-order chi connectivity index (χ0) is 11.0. The van der Waals surface area contributed by atoms with Gasteiger partial charge in [0.25, 0.3) is 11.6 Å². The van der Waals surface area contributed by atoms with Crippen LogP contribution in [0.1, 0.15) is 12.8 Å². The maximum atomic E-state index is 11.5. The van der Waals surface area contributed by atoms with Crippen molar-refractivity contribution in [1.29, 1.82) is 0 Å². The first kappa shape index (κ1) is 9.63. The molecule has 2 rings (SSSR count). The smallest absolute Gasteiger partial charge is 0.263 e. The second-order valence-corrected chi connectivity index (χ2v) is 3.58. The van der Waals surface area contributed by atoms with Crippen molar-refractivity contribution >= 4 is 23.3 Å². The number of aromatic nitrogens is 2. The van der Waals surface area contributed by atoms with Gasteiger partial charge in [0, 0.05) is 13.1 Å². The van der Waals surface area contributed by atoms with Gasteiger partial charge < -0.3 is 27.3 Å². The molecule has 7 heteroatoms. The minimum Gasteiger partial charge on any atom is -0.740 e. The normalized spacial score (nSPS) is 15.9. The van der Waals surface area contributed by atoms with Crippen molar-refractivity contribution in [3.05, 3.63) is 5.21 Å².